The molecule has 1 aliphatic rings. The number of pyridine rings is 1. The molecule has 41 heavy (non-hydrogen) atoms. The Morgan fingerprint density at radius 3 is 2.41 bits per heavy atom. The van der Waals surface area contributed by atoms with Crippen LogP contribution in [-0.2, 0) is 11.1 Å². The van der Waals surface area contributed by atoms with E-state index in [0.29, 0.717) is 18.3 Å². The summed E-state index contributed by atoms with van der Waals surface area (Å²) in [4.78, 5) is 17.0. The van der Waals surface area contributed by atoms with Crippen LogP contribution in [0.5, 0.6) is 11.5 Å². The van der Waals surface area contributed by atoms with Crippen LogP contribution >= 0.6 is 11.6 Å². The molecule has 1 saturated carbocycles. The topological polar surface area (TPSA) is 107 Å². The van der Waals surface area contributed by atoms with Gasteiger partial charge in [-0.1, -0.05) is 11.6 Å². The Kier molecular flexibility index (Phi) is 8.54. The number of ether oxygens (including phenoxy) is 2. The maximum atomic E-state index is 14.5. The van der Waals surface area contributed by atoms with Crippen molar-refractivity contribution in [2.75, 3.05) is 20.3 Å². The molecule has 1 aromatic heterocycles. The normalized spacial score (nSPS) is 15.3. The number of carbonyl (C=O) groups excluding carboxylic acids is 1. The first kappa shape index (κ1) is 30.5. The van der Waals surface area contributed by atoms with Crippen LogP contribution in [0.3, 0.4) is 0 Å². The highest BCUT2D eigenvalue weighted by Gasteiger charge is 2.56. The van der Waals surface area contributed by atoms with Gasteiger partial charge in [0.2, 0.25) is 5.60 Å². The summed E-state index contributed by atoms with van der Waals surface area (Å²) < 4.78 is 68.2. The van der Waals surface area contributed by atoms with Crippen LogP contribution in [0.25, 0.3) is 11.3 Å². The molecular formula is C29H30ClF4N3O4. The number of methoxy groups -OCH3 is 1. The van der Waals surface area contributed by atoms with Crippen molar-refractivity contribution in [2.45, 2.75) is 44.0 Å². The molecule has 0 saturated heterocycles. The molecule has 1 atom stereocenters. The number of carbonyl (C=O) groups is 1. The first-order valence-corrected chi connectivity index (χ1v) is 13.2. The Hall–Kier alpha value is -3.41. The smallest absolute Gasteiger partial charge is 0.424 e. The summed E-state index contributed by atoms with van der Waals surface area (Å²) >= 11 is 5.88. The van der Waals surface area contributed by atoms with Crippen molar-refractivity contribution in [2.24, 2.45) is 11.7 Å². The van der Waals surface area contributed by atoms with Crippen molar-refractivity contribution in [1.29, 1.82) is 0 Å². The number of amides is 1. The van der Waals surface area contributed by atoms with Crippen molar-refractivity contribution in [3.05, 3.63) is 76.2 Å². The van der Waals surface area contributed by atoms with Crippen LogP contribution < -0.4 is 20.5 Å². The number of nitrogens with two attached hydrogens (primary N) is 1. The molecule has 1 aliphatic carbocycles. The van der Waals surface area contributed by atoms with Crippen molar-refractivity contribution >= 4 is 17.5 Å². The molecule has 0 aliphatic heterocycles. The highest BCUT2D eigenvalue weighted by molar-refractivity contribution is 6.31. The lowest BCUT2D eigenvalue weighted by molar-refractivity contribution is -0.265. The van der Waals surface area contributed by atoms with Gasteiger partial charge in [0.1, 0.15) is 5.82 Å². The summed E-state index contributed by atoms with van der Waals surface area (Å²) in [6.07, 6.45) is -3.12. The lowest BCUT2D eigenvalue weighted by Gasteiger charge is -2.32. The van der Waals surface area contributed by atoms with Crippen LogP contribution in [0.4, 0.5) is 17.6 Å². The zero-order chi connectivity index (χ0) is 30.2. The summed E-state index contributed by atoms with van der Waals surface area (Å²) in [5.41, 5.74) is 1.00. The molecular weight excluding hydrogens is 566 g/mol. The Morgan fingerprint density at radius 2 is 1.83 bits per heavy atom. The van der Waals surface area contributed by atoms with E-state index in [0.717, 1.165) is 25.0 Å². The Bertz CT molecular complexity index is 1440. The molecule has 7 nitrogen and oxygen atoms in total. The average molecular weight is 596 g/mol. The number of nitrogens with one attached hydrogen (secondary N) is 1. The number of alkyl halides is 3. The van der Waals surface area contributed by atoms with Gasteiger partial charge in [-0.3, -0.25) is 4.79 Å². The molecule has 0 radical (unpaired) electrons. The van der Waals surface area contributed by atoms with Crippen molar-refractivity contribution < 1.29 is 36.9 Å². The fraction of sp³-hybridized carbons (Fsp3) is 0.379. The van der Waals surface area contributed by atoms with E-state index in [1.807, 2.05) is 0 Å². The largest absolute Gasteiger partial charge is 0.493 e. The summed E-state index contributed by atoms with van der Waals surface area (Å²) in [6, 6.07) is 10.2. The van der Waals surface area contributed by atoms with E-state index in [1.165, 1.54) is 43.5 Å². The zero-order valence-corrected chi connectivity index (χ0v) is 23.4. The molecule has 4 rings (SSSR count). The first-order valence-electron chi connectivity index (χ1n) is 12.8. The van der Waals surface area contributed by atoms with E-state index in [-0.39, 0.29) is 33.2 Å². The molecule has 1 fully saturated rings. The van der Waals surface area contributed by atoms with Crippen molar-refractivity contribution in [3.63, 3.8) is 0 Å². The van der Waals surface area contributed by atoms with E-state index in [9.17, 15) is 27.5 Å². The van der Waals surface area contributed by atoms with Gasteiger partial charge in [-0.05, 0) is 86.7 Å². The van der Waals surface area contributed by atoms with Gasteiger partial charge in [-0.25, -0.2) is 9.37 Å². The number of hydrogen-bond acceptors (Lipinski definition) is 6. The average Bonchev–Trinajstić information content (AvgIpc) is 3.75. The predicted octanol–water partition coefficient (Wildman–Crippen LogP) is 5.71. The summed E-state index contributed by atoms with van der Waals surface area (Å²) in [6.45, 7) is 2.36. The summed E-state index contributed by atoms with van der Waals surface area (Å²) in [5.74, 6) is -0.492. The van der Waals surface area contributed by atoms with Crippen LogP contribution in [0.2, 0.25) is 5.02 Å². The van der Waals surface area contributed by atoms with E-state index in [4.69, 9.17) is 26.8 Å². The molecule has 3 aromatic rings. The third-order valence-corrected chi connectivity index (χ3v) is 7.07. The lowest BCUT2D eigenvalue weighted by Crippen LogP contribution is -2.51. The monoisotopic (exact) mass is 595 g/mol. The van der Waals surface area contributed by atoms with Gasteiger partial charge in [-0.2, -0.15) is 13.2 Å². The number of rotatable bonds is 10. The van der Waals surface area contributed by atoms with Gasteiger partial charge in [-0.15, -0.1) is 0 Å². The fourth-order valence-corrected chi connectivity index (χ4v) is 4.16. The number of benzene rings is 2. The van der Waals surface area contributed by atoms with Crippen LogP contribution in [0, 0.1) is 11.7 Å². The molecule has 1 unspecified atom stereocenters. The number of nitrogens with zero attached hydrogens (tertiary/aromatic N) is 1. The van der Waals surface area contributed by atoms with Crippen LogP contribution in [0.15, 0.2) is 48.5 Å². The Labute approximate surface area is 239 Å². The number of hydrogen-bond donors (Lipinski definition) is 3. The van der Waals surface area contributed by atoms with Crippen molar-refractivity contribution in [3.8, 4) is 22.8 Å². The number of halogens is 5. The molecule has 0 bridgehead atoms. The fourth-order valence-electron chi connectivity index (χ4n) is 3.98. The molecule has 4 N–H and O–H groups in total. The van der Waals surface area contributed by atoms with E-state index < -0.39 is 41.3 Å². The molecule has 1 heterocycles. The highest BCUT2D eigenvalue weighted by atomic mass is 35.5. The van der Waals surface area contributed by atoms with Gasteiger partial charge in [0, 0.05) is 16.7 Å². The quantitative estimate of drug-likeness (QED) is 0.259. The maximum absolute atomic E-state index is 14.5. The second-order valence-corrected chi connectivity index (χ2v) is 11.0. The Balaban J connectivity index is 1.66. The minimum Gasteiger partial charge on any atom is -0.493 e. The number of aliphatic hydroxyl groups is 1. The van der Waals surface area contributed by atoms with Crippen LogP contribution in [-0.4, -0.2) is 42.4 Å². The molecule has 2 aromatic carbocycles. The minimum atomic E-state index is -5.26. The van der Waals surface area contributed by atoms with E-state index >= 15 is 0 Å². The van der Waals surface area contributed by atoms with E-state index in [2.05, 4.69) is 10.3 Å². The SMILES string of the molecule is COc1cc(C(=O)NCC(O)(c2cc(C(C)(C)N)cc(-c3ccc(F)c(Cl)c3)n2)C(F)(F)F)ccc1OCC1CC1. The van der Waals surface area contributed by atoms with Crippen molar-refractivity contribution in [1.82, 2.24) is 10.3 Å². The molecule has 1 amide bonds. The number of aromatic nitrogens is 1. The van der Waals surface area contributed by atoms with Gasteiger partial charge in [0.25, 0.3) is 5.91 Å². The van der Waals surface area contributed by atoms with E-state index in [1.54, 1.807) is 13.8 Å². The Morgan fingerprint density at radius 1 is 1.12 bits per heavy atom. The second kappa shape index (κ2) is 11.5. The third-order valence-electron chi connectivity index (χ3n) is 6.78. The maximum Gasteiger partial charge on any atom is 0.424 e. The van der Waals surface area contributed by atoms with Gasteiger partial charge < -0.3 is 25.6 Å². The highest BCUT2D eigenvalue weighted by Crippen LogP contribution is 2.40. The molecule has 0 spiro atoms. The molecule has 12 heteroatoms. The van der Waals surface area contributed by atoms with Gasteiger partial charge in [0.15, 0.2) is 11.5 Å². The standard InChI is InChI=1S/C29H30ClF4N3O4/c1-27(2,35)19-12-22(17-6-8-21(31)20(30)10-17)37-25(13-19)28(39,29(32,33)34)15-36-26(38)18-7-9-23(24(11-18)40-3)41-14-16-4-5-16/h6-13,16,39H,4-5,14-15,35H2,1-3H3,(H,36,38). The van der Waals surface area contributed by atoms with Crippen LogP contribution in [0.1, 0.15) is 48.3 Å². The third kappa shape index (κ3) is 6.91. The lowest BCUT2D eigenvalue weighted by atomic mass is 9.89. The predicted molar refractivity (Wildman–Crippen MR) is 145 cm³/mol. The summed E-state index contributed by atoms with van der Waals surface area (Å²) in [7, 11) is 1.38. The van der Waals surface area contributed by atoms with Gasteiger partial charge >= 0.3 is 6.18 Å². The first-order chi connectivity index (χ1) is 19.1. The zero-order valence-electron chi connectivity index (χ0n) is 22.6. The molecule has 220 valence electrons. The summed E-state index contributed by atoms with van der Waals surface area (Å²) in [5, 5.41) is 13.0. The minimum absolute atomic E-state index is 0.00316. The second-order valence-electron chi connectivity index (χ2n) is 10.6. The van der Waals surface area contributed by atoms with Gasteiger partial charge in [0.05, 0.1) is 36.7 Å².